The van der Waals surface area contributed by atoms with Crippen LogP contribution in [0.4, 0.5) is 0 Å². The highest BCUT2D eigenvalue weighted by Crippen LogP contribution is 2.36. The van der Waals surface area contributed by atoms with Crippen molar-refractivity contribution in [2.45, 2.75) is 6.54 Å². The van der Waals surface area contributed by atoms with Crippen molar-refractivity contribution in [2.24, 2.45) is 0 Å². The Kier molecular flexibility index (Phi) is 4.36. The van der Waals surface area contributed by atoms with Crippen LogP contribution in [-0.2, 0) is 11.3 Å². The largest absolute Gasteiger partial charge is 0.507 e. The Morgan fingerprint density at radius 1 is 1.04 bits per heavy atom. The Balaban J connectivity index is 1.80. The van der Waals surface area contributed by atoms with Crippen molar-refractivity contribution in [3.8, 4) is 22.8 Å². The lowest BCUT2D eigenvalue weighted by atomic mass is 10.1. The predicted molar refractivity (Wildman–Crippen MR) is 97.3 cm³/mol. The molecule has 1 aliphatic rings. The number of hydrogen-bond donors (Lipinski definition) is 2. The molecule has 0 saturated carbocycles. The second-order valence-corrected chi connectivity index (χ2v) is 6.33. The number of hydrogen-bond acceptors (Lipinski definition) is 6. The molecule has 0 aliphatic carbocycles. The van der Waals surface area contributed by atoms with Crippen LogP contribution in [0.1, 0.15) is 5.56 Å². The van der Waals surface area contributed by atoms with Crippen LogP contribution in [0.2, 0.25) is 0 Å². The molecule has 2 N–H and O–H groups in total. The smallest absolute Gasteiger partial charge is 0.197 e. The fourth-order valence-corrected chi connectivity index (χ4v) is 3.21. The third-order valence-electron chi connectivity index (χ3n) is 4.62. The summed E-state index contributed by atoms with van der Waals surface area (Å²) in [4.78, 5) is 14.7. The van der Waals surface area contributed by atoms with Gasteiger partial charge in [0.05, 0.1) is 18.8 Å². The lowest BCUT2D eigenvalue weighted by Gasteiger charge is -2.27. The molecule has 6 nitrogen and oxygen atoms in total. The Bertz CT molecular complexity index is 990. The van der Waals surface area contributed by atoms with Gasteiger partial charge in [-0.2, -0.15) is 0 Å². The summed E-state index contributed by atoms with van der Waals surface area (Å²) in [7, 11) is 0. The van der Waals surface area contributed by atoms with E-state index in [0.29, 0.717) is 44.2 Å². The summed E-state index contributed by atoms with van der Waals surface area (Å²) in [6.45, 7) is 2.98. The lowest BCUT2D eigenvalue weighted by molar-refractivity contribution is 0.0336. The molecule has 1 aromatic heterocycles. The molecular formula is C20H19NO5. The zero-order valence-electron chi connectivity index (χ0n) is 14.1. The van der Waals surface area contributed by atoms with E-state index in [0.717, 1.165) is 5.56 Å². The number of phenolic OH excluding ortho intramolecular Hbond substituents is 2. The van der Waals surface area contributed by atoms with Crippen LogP contribution in [-0.4, -0.2) is 41.4 Å². The van der Waals surface area contributed by atoms with Gasteiger partial charge in [-0.25, -0.2) is 0 Å². The van der Waals surface area contributed by atoms with E-state index in [1.165, 1.54) is 12.1 Å². The van der Waals surface area contributed by atoms with Crippen LogP contribution in [0.5, 0.6) is 11.5 Å². The van der Waals surface area contributed by atoms with Gasteiger partial charge in [-0.15, -0.1) is 0 Å². The average molecular weight is 353 g/mol. The molecule has 1 saturated heterocycles. The highest BCUT2D eigenvalue weighted by atomic mass is 16.5. The molecule has 2 heterocycles. The molecule has 0 atom stereocenters. The standard InChI is InChI=1S/C20H19NO5/c22-15-10-18-19(20(24)14(15)12-21-6-8-25-9-7-21)16(23)11-17(26-18)13-4-2-1-3-5-13/h1-5,10-11,22,24H,6-9,12H2. The molecule has 1 aliphatic heterocycles. The van der Waals surface area contributed by atoms with Gasteiger partial charge in [0.15, 0.2) is 5.43 Å². The number of morpholine rings is 1. The molecule has 134 valence electrons. The molecule has 4 rings (SSSR count). The maximum Gasteiger partial charge on any atom is 0.197 e. The summed E-state index contributed by atoms with van der Waals surface area (Å²) in [5.74, 6) is 0.0811. The van der Waals surface area contributed by atoms with Crippen LogP contribution >= 0.6 is 0 Å². The predicted octanol–water partition coefficient (Wildman–Crippen LogP) is 2.70. The van der Waals surface area contributed by atoms with Crippen molar-refractivity contribution in [3.63, 3.8) is 0 Å². The van der Waals surface area contributed by atoms with E-state index in [1.807, 2.05) is 30.3 Å². The van der Waals surface area contributed by atoms with Gasteiger partial charge in [0.1, 0.15) is 28.2 Å². The van der Waals surface area contributed by atoms with Crippen molar-refractivity contribution in [2.75, 3.05) is 26.3 Å². The quantitative estimate of drug-likeness (QED) is 0.753. The average Bonchev–Trinajstić information content (AvgIpc) is 2.66. The van der Waals surface area contributed by atoms with Gasteiger partial charge in [0.2, 0.25) is 0 Å². The van der Waals surface area contributed by atoms with Crippen molar-refractivity contribution in [3.05, 3.63) is 58.3 Å². The van der Waals surface area contributed by atoms with Gasteiger partial charge in [0.25, 0.3) is 0 Å². The number of nitrogens with zero attached hydrogens (tertiary/aromatic N) is 1. The topological polar surface area (TPSA) is 83.1 Å². The number of fused-ring (bicyclic) bond motifs is 1. The third kappa shape index (κ3) is 3.05. The summed E-state index contributed by atoms with van der Waals surface area (Å²) in [5, 5.41) is 21.1. The normalized spacial score (nSPS) is 15.4. The first-order valence-corrected chi connectivity index (χ1v) is 8.50. The van der Waals surface area contributed by atoms with Crippen LogP contribution in [0.3, 0.4) is 0 Å². The zero-order valence-corrected chi connectivity index (χ0v) is 14.1. The number of ether oxygens (including phenoxy) is 1. The maximum atomic E-state index is 12.6. The van der Waals surface area contributed by atoms with E-state index >= 15 is 0 Å². The van der Waals surface area contributed by atoms with E-state index in [-0.39, 0.29) is 27.9 Å². The minimum atomic E-state index is -0.342. The second-order valence-electron chi connectivity index (χ2n) is 6.33. The van der Waals surface area contributed by atoms with Gasteiger partial charge >= 0.3 is 0 Å². The molecule has 0 spiro atoms. The number of phenols is 2. The van der Waals surface area contributed by atoms with Crippen LogP contribution < -0.4 is 5.43 Å². The zero-order chi connectivity index (χ0) is 18.1. The number of benzene rings is 2. The van der Waals surface area contributed by atoms with Gasteiger partial charge in [-0.3, -0.25) is 9.69 Å². The first-order valence-electron chi connectivity index (χ1n) is 8.50. The minimum absolute atomic E-state index is 0.0881. The lowest BCUT2D eigenvalue weighted by Crippen LogP contribution is -2.35. The van der Waals surface area contributed by atoms with Crippen molar-refractivity contribution >= 4 is 11.0 Å². The first kappa shape index (κ1) is 16.6. The molecule has 2 aromatic carbocycles. The van der Waals surface area contributed by atoms with Gasteiger partial charge < -0.3 is 19.4 Å². The highest BCUT2D eigenvalue weighted by molar-refractivity contribution is 5.87. The van der Waals surface area contributed by atoms with Crippen LogP contribution in [0.15, 0.2) is 51.7 Å². The molecule has 0 unspecified atom stereocenters. The molecule has 6 heteroatoms. The number of rotatable bonds is 3. The Morgan fingerprint density at radius 3 is 2.50 bits per heavy atom. The van der Waals surface area contributed by atoms with Gasteiger partial charge in [-0.05, 0) is 0 Å². The summed E-state index contributed by atoms with van der Waals surface area (Å²) in [5.41, 5.74) is 0.907. The van der Waals surface area contributed by atoms with Crippen molar-refractivity contribution in [1.29, 1.82) is 0 Å². The molecule has 26 heavy (non-hydrogen) atoms. The van der Waals surface area contributed by atoms with E-state index in [9.17, 15) is 15.0 Å². The highest BCUT2D eigenvalue weighted by Gasteiger charge is 2.21. The fraction of sp³-hybridized carbons (Fsp3) is 0.250. The molecule has 0 radical (unpaired) electrons. The van der Waals surface area contributed by atoms with Gasteiger partial charge in [0, 0.05) is 37.3 Å². The Labute approximate surface area is 149 Å². The fourth-order valence-electron chi connectivity index (χ4n) is 3.21. The van der Waals surface area contributed by atoms with E-state index in [4.69, 9.17) is 9.15 Å². The summed E-state index contributed by atoms with van der Waals surface area (Å²) in [6.07, 6.45) is 0. The van der Waals surface area contributed by atoms with E-state index < -0.39 is 0 Å². The molecule has 3 aromatic rings. The minimum Gasteiger partial charge on any atom is -0.507 e. The van der Waals surface area contributed by atoms with E-state index in [2.05, 4.69) is 4.90 Å². The molecule has 0 bridgehead atoms. The maximum absolute atomic E-state index is 12.6. The SMILES string of the molecule is O=c1cc(-c2ccccc2)oc2cc(O)c(CN3CCOCC3)c(O)c12. The molecule has 0 amide bonds. The van der Waals surface area contributed by atoms with Crippen molar-refractivity contribution < 1.29 is 19.4 Å². The summed E-state index contributed by atoms with van der Waals surface area (Å²) in [6, 6.07) is 12.0. The molecule has 1 fully saturated rings. The second kappa shape index (κ2) is 6.82. The van der Waals surface area contributed by atoms with E-state index in [1.54, 1.807) is 0 Å². The summed E-state index contributed by atoms with van der Waals surface area (Å²) < 4.78 is 11.1. The van der Waals surface area contributed by atoms with Crippen molar-refractivity contribution in [1.82, 2.24) is 4.90 Å². The third-order valence-corrected chi connectivity index (χ3v) is 4.62. The number of aromatic hydroxyl groups is 2. The monoisotopic (exact) mass is 353 g/mol. The van der Waals surface area contributed by atoms with Gasteiger partial charge in [-0.1, -0.05) is 30.3 Å². The Hall–Kier alpha value is -2.83. The molecular weight excluding hydrogens is 334 g/mol. The van der Waals surface area contributed by atoms with Crippen LogP contribution in [0, 0.1) is 0 Å². The Morgan fingerprint density at radius 2 is 1.77 bits per heavy atom. The van der Waals surface area contributed by atoms with Crippen LogP contribution in [0.25, 0.3) is 22.3 Å². The summed E-state index contributed by atoms with van der Waals surface area (Å²) >= 11 is 0. The first-order chi connectivity index (χ1) is 12.6.